The van der Waals surface area contributed by atoms with E-state index >= 15 is 0 Å². The molecular weight excluding hydrogens is 262 g/mol. The zero-order chi connectivity index (χ0) is 14.4. The molecular formula is C14H18F2N4. The Morgan fingerprint density at radius 2 is 2.15 bits per heavy atom. The molecule has 1 atom stereocenters. The van der Waals surface area contributed by atoms with Crippen LogP contribution in [0.25, 0.3) is 11.0 Å². The van der Waals surface area contributed by atoms with Crippen LogP contribution in [-0.2, 0) is 6.54 Å². The molecule has 1 unspecified atom stereocenters. The molecule has 2 aromatic rings. The molecule has 20 heavy (non-hydrogen) atoms. The van der Waals surface area contributed by atoms with E-state index in [0.29, 0.717) is 18.1 Å². The van der Waals surface area contributed by atoms with Gasteiger partial charge in [0.2, 0.25) is 5.95 Å². The van der Waals surface area contributed by atoms with Gasteiger partial charge in [-0.2, -0.15) is 0 Å². The van der Waals surface area contributed by atoms with Crippen LogP contribution >= 0.6 is 0 Å². The van der Waals surface area contributed by atoms with Gasteiger partial charge in [-0.25, -0.2) is 13.8 Å². The normalized spacial score (nSPS) is 17.1. The summed E-state index contributed by atoms with van der Waals surface area (Å²) in [6.45, 7) is 2.65. The number of imidazole rings is 1. The van der Waals surface area contributed by atoms with Gasteiger partial charge in [0.25, 0.3) is 0 Å². The van der Waals surface area contributed by atoms with Crippen LogP contribution in [0.3, 0.4) is 0 Å². The van der Waals surface area contributed by atoms with E-state index < -0.39 is 11.6 Å². The number of nitrogens with zero attached hydrogens (tertiary/aromatic N) is 3. The van der Waals surface area contributed by atoms with E-state index in [9.17, 15) is 8.78 Å². The number of hydrogen-bond donors (Lipinski definition) is 1. The van der Waals surface area contributed by atoms with Gasteiger partial charge in [-0.3, -0.25) is 4.90 Å². The van der Waals surface area contributed by atoms with Crippen molar-refractivity contribution in [2.45, 2.75) is 38.4 Å². The lowest BCUT2D eigenvalue weighted by atomic mass is 10.2. The number of hydrogen-bond acceptors (Lipinski definition) is 3. The van der Waals surface area contributed by atoms with Gasteiger partial charge in [0, 0.05) is 30.8 Å². The third-order valence-electron chi connectivity index (χ3n) is 4.07. The first-order valence-electron chi connectivity index (χ1n) is 6.80. The van der Waals surface area contributed by atoms with Crippen LogP contribution in [0.4, 0.5) is 14.7 Å². The Labute approximate surface area is 116 Å². The Morgan fingerprint density at radius 1 is 1.45 bits per heavy atom. The van der Waals surface area contributed by atoms with E-state index in [1.165, 1.54) is 18.9 Å². The molecule has 108 valence electrons. The van der Waals surface area contributed by atoms with Gasteiger partial charge in [0.05, 0.1) is 5.52 Å². The molecule has 3 rings (SSSR count). The highest BCUT2D eigenvalue weighted by molar-refractivity contribution is 5.79. The van der Waals surface area contributed by atoms with Crippen LogP contribution in [0.1, 0.15) is 19.8 Å². The first-order valence-corrected chi connectivity index (χ1v) is 6.80. The van der Waals surface area contributed by atoms with E-state index in [-0.39, 0.29) is 17.5 Å². The van der Waals surface area contributed by atoms with Crippen LogP contribution in [0.5, 0.6) is 0 Å². The minimum Gasteiger partial charge on any atom is -0.369 e. The number of benzene rings is 1. The quantitative estimate of drug-likeness (QED) is 0.935. The van der Waals surface area contributed by atoms with Gasteiger partial charge in [0.1, 0.15) is 11.3 Å². The van der Waals surface area contributed by atoms with Crippen molar-refractivity contribution < 1.29 is 8.78 Å². The monoisotopic (exact) mass is 280 g/mol. The second kappa shape index (κ2) is 4.70. The van der Waals surface area contributed by atoms with Crippen molar-refractivity contribution in [1.29, 1.82) is 0 Å². The molecule has 0 spiro atoms. The number of anilines is 1. The Hall–Kier alpha value is -1.69. The average Bonchev–Trinajstić information content (AvgIpc) is 3.17. The molecule has 0 aliphatic heterocycles. The van der Waals surface area contributed by atoms with E-state index in [4.69, 9.17) is 5.73 Å². The van der Waals surface area contributed by atoms with Gasteiger partial charge >= 0.3 is 0 Å². The molecule has 1 fully saturated rings. The zero-order valence-electron chi connectivity index (χ0n) is 11.6. The molecule has 0 radical (unpaired) electrons. The molecule has 0 bridgehead atoms. The fourth-order valence-electron chi connectivity index (χ4n) is 2.59. The molecule has 2 N–H and O–H groups in total. The maximum absolute atomic E-state index is 13.7. The van der Waals surface area contributed by atoms with Crippen molar-refractivity contribution in [3.8, 4) is 0 Å². The molecule has 1 aromatic carbocycles. The van der Waals surface area contributed by atoms with Crippen LogP contribution in [-0.4, -0.2) is 33.6 Å². The molecule has 1 heterocycles. The number of nitrogen functional groups attached to an aromatic ring is 1. The van der Waals surface area contributed by atoms with Crippen molar-refractivity contribution in [2.24, 2.45) is 0 Å². The van der Waals surface area contributed by atoms with Crippen molar-refractivity contribution in [3.63, 3.8) is 0 Å². The molecule has 6 heteroatoms. The summed E-state index contributed by atoms with van der Waals surface area (Å²) in [7, 11) is 2.07. The fraction of sp³-hybridized carbons (Fsp3) is 0.500. The van der Waals surface area contributed by atoms with Crippen molar-refractivity contribution >= 4 is 17.0 Å². The second-order valence-electron chi connectivity index (χ2n) is 5.58. The fourth-order valence-corrected chi connectivity index (χ4v) is 2.59. The highest BCUT2D eigenvalue weighted by Gasteiger charge is 2.29. The number of likely N-dealkylation sites (N-methyl/N-ethyl adjacent to an activating group) is 1. The summed E-state index contributed by atoms with van der Waals surface area (Å²) in [6.07, 6.45) is 2.43. The van der Waals surface area contributed by atoms with Gasteiger partial charge in [-0.15, -0.1) is 0 Å². The number of aromatic nitrogens is 2. The zero-order valence-corrected chi connectivity index (χ0v) is 11.6. The summed E-state index contributed by atoms with van der Waals surface area (Å²) >= 11 is 0. The second-order valence-corrected chi connectivity index (χ2v) is 5.58. The van der Waals surface area contributed by atoms with Crippen LogP contribution in [0.15, 0.2) is 12.1 Å². The topological polar surface area (TPSA) is 47.1 Å². The number of halogens is 2. The van der Waals surface area contributed by atoms with E-state index in [1.54, 1.807) is 4.57 Å². The summed E-state index contributed by atoms with van der Waals surface area (Å²) < 4.78 is 28.8. The Morgan fingerprint density at radius 3 is 2.80 bits per heavy atom. The third-order valence-corrected chi connectivity index (χ3v) is 4.07. The highest BCUT2D eigenvalue weighted by atomic mass is 19.1. The van der Waals surface area contributed by atoms with Crippen molar-refractivity contribution in [3.05, 3.63) is 23.8 Å². The van der Waals surface area contributed by atoms with E-state index in [2.05, 4.69) is 23.9 Å². The van der Waals surface area contributed by atoms with Crippen LogP contribution in [0.2, 0.25) is 0 Å². The Balaban J connectivity index is 1.96. The summed E-state index contributed by atoms with van der Waals surface area (Å²) in [5.41, 5.74) is 6.40. The molecule has 1 aliphatic carbocycles. The van der Waals surface area contributed by atoms with Crippen molar-refractivity contribution in [2.75, 3.05) is 12.8 Å². The first-order chi connectivity index (χ1) is 9.47. The van der Waals surface area contributed by atoms with Gasteiger partial charge in [-0.1, -0.05) is 0 Å². The molecule has 1 saturated carbocycles. The lowest BCUT2D eigenvalue weighted by Crippen LogP contribution is -2.34. The molecule has 0 saturated heterocycles. The highest BCUT2D eigenvalue weighted by Crippen LogP contribution is 2.28. The summed E-state index contributed by atoms with van der Waals surface area (Å²) in [5, 5.41) is 0. The number of rotatable bonds is 4. The van der Waals surface area contributed by atoms with Gasteiger partial charge in [-0.05, 0) is 26.8 Å². The standard InChI is InChI=1S/C14H18F2N4/c1-8(19(2)10-3-4-10)7-20-12-6-9(15)5-11(16)13(12)18-14(20)17/h5-6,8,10H,3-4,7H2,1-2H3,(H2,17,18). The lowest BCUT2D eigenvalue weighted by Gasteiger charge is -2.25. The summed E-state index contributed by atoms with van der Waals surface area (Å²) in [5.74, 6) is -1.06. The minimum absolute atomic E-state index is 0.130. The van der Waals surface area contributed by atoms with Gasteiger partial charge < -0.3 is 10.3 Å². The lowest BCUT2D eigenvalue weighted by molar-refractivity contribution is 0.228. The number of fused-ring (bicyclic) bond motifs is 1. The Bertz CT molecular complexity index is 648. The number of nitrogens with two attached hydrogens (primary N) is 1. The van der Waals surface area contributed by atoms with E-state index in [1.807, 2.05) is 0 Å². The smallest absolute Gasteiger partial charge is 0.201 e. The molecule has 1 aromatic heterocycles. The maximum atomic E-state index is 13.7. The van der Waals surface area contributed by atoms with E-state index in [0.717, 1.165) is 6.07 Å². The van der Waals surface area contributed by atoms with Crippen molar-refractivity contribution in [1.82, 2.24) is 14.5 Å². The molecule has 0 amide bonds. The summed E-state index contributed by atoms with van der Waals surface area (Å²) in [6, 6.07) is 2.97. The third kappa shape index (κ3) is 2.24. The minimum atomic E-state index is -0.673. The van der Waals surface area contributed by atoms with Gasteiger partial charge in [0.15, 0.2) is 5.82 Å². The largest absolute Gasteiger partial charge is 0.369 e. The van der Waals surface area contributed by atoms with Crippen LogP contribution < -0.4 is 5.73 Å². The first kappa shape index (κ1) is 13.3. The maximum Gasteiger partial charge on any atom is 0.201 e. The predicted molar refractivity (Wildman–Crippen MR) is 74.3 cm³/mol. The molecule has 4 nitrogen and oxygen atoms in total. The summed E-state index contributed by atoms with van der Waals surface area (Å²) in [4.78, 5) is 6.29. The average molecular weight is 280 g/mol. The molecule has 1 aliphatic rings. The Kier molecular flexibility index (Phi) is 3.12. The SMILES string of the molecule is CC(Cn1c(N)nc2c(F)cc(F)cc21)N(C)C1CC1. The predicted octanol–water partition coefficient (Wildman–Crippen LogP) is 2.38. The van der Waals surface area contributed by atoms with Crippen LogP contribution in [0, 0.1) is 11.6 Å².